The molecule has 1 aliphatic heterocycles. The lowest BCUT2D eigenvalue weighted by atomic mass is 9.88. The van der Waals surface area contributed by atoms with Gasteiger partial charge in [0.25, 0.3) is 0 Å². The van der Waals surface area contributed by atoms with Crippen LogP contribution >= 0.6 is 0 Å². The molecule has 4 nitrogen and oxygen atoms in total. The fourth-order valence-electron chi connectivity index (χ4n) is 2.41. The third kappa shape index (κ3) is 3.85. The lowest BCUT2D eigenvalue weighted by Crippen LogP contribution is -2.30. The van der Waals surface area contributed by atoms with Gasteiger partial charge in [-0.05, 0) is 37.8 Å². The van der Waals surface area contributed by atoms with Crippen LogP contribution in [0.2, 0.25) is 0 Å². The van der Waals surface area contributed by atoms with Crippen molar-refractivity contribution in [1.82, 2.24) is 4.98 Å². The van der Waals surface area contributed by atoms with Crippen LogP contribution in [0, 0.1) is 5.41 Å². The van der Waals surface area contributed by atoms with Gasteiger partial charge in [-0.1, -0.05) is 13.8 Å². The first-order chi connectivity index (χ1) is 9.67. The average molecular weight is 277 g/mol. The van der Waals surface area contributed by atoms with Gasteiger partial charge >= 0.3 is 0 Å². The Morgan fingerprint density at radius 1 is 1.30 bits per heavy atom. The highest BCUT2D eigenvalue weighted by atomic mass is 16.3. The van der Waals surface area contributed by atoms with Crippen LogP contribution in [0.15, 0.2) is 18.3 Å². The molecule has 2 N–H and O–H groups in total. The molecule has 1 aliphatic rings. The van der Waals surface area contributed by atoms with Crippen LogP contribution in [0.3, 0.4) is 0 Å². The lowest BCUT2D eigenvalue weighted by Gasteiger charge is -2.28. The standard InChI is InChI=1S/C16H27N3O/c1-3-16(2,13-20)12-18-14-7-8-15(17-11-14)19-9-5-4-6-10-19/h7-8,11,18,20H,3-6,9-10,12-13H2,1-2H3. The topological polar surface area (TPSA) is 48.4 Å². The Morgan fingerprint density at radius 3 is 2.60 bits per heavy atom. The van der Waals surface area contributed by atoms with Gasteiger partial charge in [-0.3, -0.25) is 0 Å². The van der Waals surface area contributed by atoms with Crippen molar-refractivity contribution in [2.45, 2.75) is 39.5 Å². The molecule has 1 aromatic rings. The van der Waals surface area contributed by atoms with Crippen molar-refractivity contribution in [3.63, 3.8) is 0 Å². The van der Waals surface area contributed by atoms with E-state index < -0.39 is 0 Å². The zero-order valence-electron chi connectivity index (χ0n) is 12.7. The van der Waals surface area contributed by atoms with E-state index >= 15 is 0 Å². The molecule has 1 fully saturated rings. The second-order valence-corrected chi connectivity index (χ2v) is 6.13. The number of aliphatic hydroxyl groups is 1. The van der Waals surface area contributed by atoms with Gasteiger partial charge in [0, 0.05) is 25.0 Å². The highest BCUT2D eigenvalue weighted by Gasteiger charge is 2.20. The van der Waals surface area contributed by atoms with Gasteiger partial charge in [0.1, 0.15) is 5.82 Å². The molecule has 112 valence electrons. The average Bonchev–Trinajstić information content (AvgIpc) is 2.54. The summed E-state index contributed by atoms with van der Waals surface area (Å²) >= 11 is 0. The number of nitrogens with zero attached hydrogens (tertiary/aromatic N) is 2. The van der Waals surface area contributed by atoms with Crippen LogP contribution in [-0.2, 0) is 0 Å². The highest BCUT2D eigenvalue weighted by Crippen LogP contribution is 2.22. The summed E-state index contributed by atoms with van der Waals surface area (Å²) in [6, 6.07) is 4.18. The summed E-state index contributed by atoms with van der Waals surface area (Å²) in [5, 5.41) is 12.8. The molecule has 0 amide bonds. The van der Waals surface area contributed by atoms with Gasteiger partial charge in [0.2, 0.25) is 0 Å². The maximum absolute atomic E-state index is 9.42. The monoisotopic (exact) mass is 277 g/mol. The van der Waals surface area contributed by atoms with Gasteiger partial charge in [-0.25, -0.2) is 4.98 Å². The maximum Gasteiger partial charge on any atom is 0.128 e. The molecule has 1 atom stereocenters. The Hall–Kier alpha value is -1.29. The molecule has 1 aromatic heterocycles. The van der Waals surface area contributed by atoms with Gasteiger partial charge < -0.3 is 15.3 Å². The van der Waals surface area contributed by atoms with E-state index in [1.807, 2.05) is 6.20 Å². The first-order valence-corrected chi connectivity index (χ1v) is 7.72. The van der Waals surface area contributed by atoms with E-state index in [9.17, 15) is 5.11 Å². The van der Waals surface area contributed by atoms with Crippen LogP contribution in [-0.4, -0.2) is 36.3 Å². The van der Waals surface area contributed by atoms with E-state index in [4.69, 9.17) is 0 Å². The zero-order valence-corrected chi connectivity index (χ0v) is 12.7. The van der Waals surface area contributed by atoms with Crippen LogP contribution in [0.25, 0.3) is 0 Å². The van der Waals surface area contributed by atoms with Crippen molar-refractivity contribution in [1.29, 1.82) is 0 Å². The zero-order chi connectivity index (χ0) is 14.4. The van der Waals surface area contributed by atoms with Crippen molar-refractivity contribution >= 4 is 11.5 Å². The molecular formula is C16H27N3O. The number of hydrogen-bond donors (Lipinski definition) is 2. The Morgan fingerprint density at radius 2 is 2.05 bits per heavy atom. The minimum atomic E-state index is -0.0639. The van der Waals surface area contributed by atoms with E-state index in [-0.39, 0.29) is 12.0 Å². The number of piperidine rings is 1. The molecular weight excluding hydrogens is 250 g/mol. The summed E-state index contributed by atoms with van der Waals surface area (Å²) in [5.74, 6) is 1.08. The molecule has 0 bridgehead atoms. The lowest BCUT2D eigenvalue weighted by molar-refractivity contribution is 0.149. The SMILES string of the molecule is CCC(C)(CO)CNc1ccc(N2CCCCC2)nc1. The van der Waals surface area contributed by atoms with Crippen LogP contribution in [0.1, 0.15) is 39.5 Å². The molecule has 0 radical (unpaired) electrons. The molecule has 1 unspecified atom stereocenters. The van der Waals surface area contributed by atoms with Gasteiger partial charge in [0.05, 0.1) is 18.5 Å². The molecule has 1 saturated heterocycles. The Kier molecular flexibility index (Phi) is 5.24. The van der Waals surface area contributed by atoms with Crippen molar-refractivity contribution in [3.8, 4) is 0 Å². The molecule has 0 spiro atoms. The summed E-state index contributed by atoms with van der Waals surface area (Å²) in [5.41, 5.74) is 0.963. The fraction of sp³-hybridized carbons (Fsp3) is 0.688. The van der Waals surface area contributed by atoms with Gasteiger partial charge in [0.15, 0.2) is 0 Å². The van der Waals surface area contributed by atoms with E-state index in [0.717, 1.165) is 37.6 Å². The summed E-state index contributed by atoms with van der Waals surface area (Å²) in [7, 11) is 0. The van der Waals surface area contributed by atoms with E-state index in [1.54, 1.807) is 0 Å². The maximum atomic E-state index is 9.42. The molecule has 2 heterocycles. The number of anilines is 2. The number of hydrogen-bond acceptors (Lipinski definition) is 4. The predicted octanol–water partition coefficient (Wildman–Crippen LogP) is 2.89. The number of pyridine rings is 1. The summed E-state index contributed by atoms with van der Waals surface area (Å²) in [4.78, 5) is 6.91. The van der Waals surface area contributed by atoms with Crippen molar-refractivity contribution in [2.75, 3.05) is 36.5 Å². The molecule has 0 aliphatic carbocycles. The van der Waals surface area contributed by atoms with E-state index in [0.29, 0.717) is 0 Å². The second-order valence-electron chi connectivity index (χ2n) is 6.13. The molecule has 20 heavy (non-hydrogen) atoms. The molecule has 4 heteroatoms. The largest absolute Gasteiger partial charge is 0.396 e. The third-order valence-electron chi connectivity index (χ3n) is 4.38. The molecule has 0 aromatic carbocycles. The van der Waals surface area contributed by atoms with Crippen molar-refractivity contribution < 1.29 is 5.11 Å². The van der Waals surface area contributed by atoms with Gasteiger partial charge in [-0.2, -0.15) is 0 Å². The van der Waals surface area contributed by atoms with Crippen LogP contribution in [0.4, 0.5) is 11.5 Å². The smallest absolute Gasteiger partial charge is 0.128 e. The van der Waals surface area contributed by atoms with Crippen molar-refractivity contribution in [2.24, 2.45) is 5.41 Å². The first kappa shape index (κ1) is 15.1. The summed E-state index contributed by atoms with van der Waals surface area (Å²) < 4.78 is 0. The minimum absolute atomic E-state index is 0.0639. The second kappa shape index (κ2) is 6.93. The number of rotatable bonds is 6. The van der Waals surface area contributed by atoms with E-state index in [1.165, 1.54) is 19.3 Å². The van der Waals surface area contributed by atoms with Crippen LogP contribution < -0.4 is 10.2 Å². The molecule has 0 saturated carbocycles. The normalized spacial score (nSPS) is 18.6. The fourth-order valence-corrected chi connectivity index (χ4v) is 2.41. The Balaban J connectivity index is 1.91. The highest BCUT2D eigenvalue weighted by molar-refractivity contribution is 5.48. The minimum Gasteiger partial charge on any atom is -0.396 e. The van der Waals surface area contributed by atoms with Crippen molar-refractivity contribution in [3.05, 3.63) is 18.3 Å². The summed E-state index contributed by atoms with van der Waals surface area (Å²) in [6.45, 7) is 7.42. The number of aromatic nitrogens is 1. The molecule has 2 rings (SSSR count). The Labute approximate surface area is 122 Å². The first-order valence-electron chi connectivity index (χ1n) is 7.72. The third-order valence-corrected chi connectivity index (χ3v) is 4.38. The quantitative estimate of drug-likeness (QED) is 0.839. The predicted molar refractivity (Wildman–Crippen MR) is 84.3 cm³/mol. The number of nitrogens with one attached hydrogen (secondary N) is 1. The van der Waals surface area contributed by atoms with Crippen LogP contribution in [0.5, 0.6) is 0 Å². The van der Waals surface area contributed by atoms with E-state index in [2.05, 4.69) is 41.2 Å². The Bertz CT molecular complexity index is 395. The van der Waals surface area contributed by atoms with Gasteiger partial charge in [-0.15, -0.1) is 0 Å². The summed E-state index contributed by atoms with van der Waals surface area (Å²) in [6.07, 6.45) is 6.74. The number of aliphatic hydroxyl groups excluding tert-OH is 1.